The van der Waals surface area contributed by atoms with Gasteiger partial charge in [0.2, 0.25) is 5.75 Å². The molecule has 7 nitrogen and oxygen atoms in total. The van der Waals surface area contributed by atoms with Gasteiger partial charge in [0.25, 0.3) is 0 Å². The van der Waals surface area contributed by atoms with Crippen LogP contribution < -0.4 is 9.47 Å². The second-order valence-corrected chi connectivity index (χ2v) is 5.50. The lowest BCUT2D eigenvalue weighted by Gasteiger charge is -2.30. The van der Waals surface area contributed by atoms with E-state index >= 15 is 0 Å². The fourth-order valence-electron chi connectivity index (χ4n) is 2.44. The Morgan fingerprint density at radius 2 is 2.09 bits per heavy atom. The van der Waals surface area contributed by atoms with E-state index in [2.05, 4.69) is 9.98 Å². The number of rotatable bonds is 3. The smallest absolute Gasteiger partial charge is 0.311 e. The predicted octanol–water partition coefficient (Wildman–Crippen LogP) is 2.96. The molecule has 0 bridgehead atoms. The Labute approximate surface area is 132 Å². The Kier molecular flexibility index (Phi) is 3.48. The molecule has 1 aliphatic rings. The van der Waals surface area contributed by atoms with Crippen molar-refractivity contribution in [2.75, 3.05) is 7.11 Å². The Balaban J connectivity index is 2.25. The molecule has 2 aromatic rings. The van der Waals surface area contributed by atoms with Gasteiger partial charge in [-0.25, -0.2) is 4.99 Å². The number of fused-ring (bicyclic) bond motifs is 1. The van der Waals surface area contributed by atoms with Crippen molar-refractivity contribution >= 4 is 11.4 Å². The van der Waals surface area contributed by atoms with Crippen LogP contribution in [0.15, 0.2) is 41.5 Å². The van der Waals surface area contributed by atoms with E-state index in [9.17, 15) is 10.1 Å². The van der Waals surface area contributed by atoms with Crippen molar-refractivity contribution in [3.63, 3.8) is 0 Å². The molecule has 0 aliphatic carbocycles. The fraction of sp³-hybridized carbons (Fsp3) is 0.250. The first kappa shape index (κ1) is 15.0. The summed E-state index contributed by atoms with van der Waals surface area (Å²) in [7, 11) is 1.39. The highest BCUT2D eigenvalue weighted by Gasteiger charge is 2.32. The number of aliphatic imine (C=N–C) groups is 1. The number of pyridine rings is 1. The van der Waals surface area contributed by atoms with Gasteiger partial charge in [0.1, 0.15) is 5.75 Å². The molecule has 0 amide bonds. The molecule has 23 heavy (non-hydrogen) atoms. The second-order valence-electron chi connectivity index (χ2n) is 5.50. The highest BCUT2D eigenvalue weighted by molar-refractivity contribution is 6.14. The first-order chi connectivity index (χ1) is 10.9. The molecule has 0 atom stereocenters. The van der Waals surface area contributed by atoms with E-state index in [0.29, 0.717) is 22.7 Å². The van der Waals surface area contributed by atoms with Gasteiger partial charge in [-0.15, -0.1) is 0 Å². The molecular weight excluding hydrogens is 298 g/mol. The molecule has 3 rings (SSSR count). The molecule has 0 saturated heterocycles. The van der Waals surface area contributed by atoms with Gasteiger partial charge in [-0.3, -0.25) is 15.1 Å². The molecule has 0 spiro atoms. The number of hydrogen-bond donors (Lipinski definition) is 0. The molecule has 1 aromatic heterocycles. The standard InChI is InChI=1S/C16H15N3O4/c1-16(2)18-15(11-6-4-5-7-17-11)10-8-12(19(20)21)14(22-3)9-13(10)23-16/h4-9H,1-3H3. The minimum absolute atomic E-state index is 0.141. The Morgan fingerprint density at radius 1 is 1.30 bits per heavy atom. The molecule has 0 radical (unpaired) electrons. The summed E-state index contributed by atoms with van der Waals surface area (Å²) >= 11 is 0. The molecule has 118 valence electrons. The molecule has 1 aromatic carbocycles. The van der Waals surface area contributed by atoms with Crippen molar-refractivity contribution in [2.45, 2.75) is 19.6 Å². The van der Waals surface area contributed by atoms with E-state index in [1.807, 2.05) is 19.9 Å². The second kappa shape index (κ2) is 5.35. The quantitative estimate of drug-likeness (QED) is 0.642. The number of nitro benzene ring substituents is 1. The number of hydrogen-bond acceptors (Lipinski definition) is 6. The first-order valence-electron chi connectivity index (χ1n) is 6.98. The van der Waals surface area contributed by atoms with E-state index < -0.39 is 10.6 Å². The first-order valence-corrected chi connectivity index (χ1v) is 6.98. The summed E-state index contributed by atoms with van der Waals surface area (Å²) in [6.07, 6.45) is 1.65. The van der Waals surface area contributed by atoms with Gasteiger partial charge in [0.15, 0.2) is 5.72 Å². The highest BCUT2D eigenvalue weighted by Crippen LogP contribution is 2.39. The van der Waals surface area contributed by atoms with Gasteiger partial charge in [-0.05, 0) is 26.0 Å². The van der Waals surface area contributed by atoms with Gasteiger partial charge in [0, 0.05) is 18.3 Å². The van der Waals surface area contributed by atoms with Gasteiger partial charge < -0.3 is 9.47 Å². The largest absolute Gasteiger partial charge is 0.490 e. The van der Waals surface area contributed by atoms with Crippen molar-refractivity contribution in [3.8, 4) is 11.5 Å². The molecule has 0 unspecified atom stereocenters. The van der Waals surface area contributed by atoms with Gasteiger partial charge in [-0.1, -0.05) is 6.07 Å². The minimum atomic E-state index is -0.805. The zero-order valence-corrected chi connectivity index (χ0v) is 12.9. The van der Waals surface area contributed by atoms with E-state index in [0.717, 1.165) is 0 Å². The highest BCUT2D eigenvalue weighted by atomic mass is 16.6. The van der Waals surface area contributed by atoms with Crippen LogP contribution in [0.2, 0.25) is 0 Å². The number of aromatic nitrogens is 1. The van der Waals surface area contributed by atoms with Crippen LogP contribution in [0.3, 0.4) is 0 Å². The maximum absolute atomic E-state index is 11.3. The van der Waals surface area contributed by atoms with Crippen molar-refractivity contribution < 1.29 is 14.4 Å². The summed E-state index contributed by atoms with van der Waals surface area (Å²) in [6.45, 7) is 3.62. The van der Waals surface area contributed by atoms with Gasteiger partial charge in [0.05, 0.1) is 29.0 Å². The number of methoxy groups -OCH3 is 1. The summed E-state index contributed by atoms with van der Waals surface area (Å²) < 4.78 is 10.9. The van der Waals surface area contributed by atoms with E-state index in [4.69, 9.17) is 9.47 Å². The summed E-state index contributed by atoms with van der Waals surface area (Å²) in [5, 5.41) is 11.3. The number of ether oxygens (including phenoxy) is 2. The van der Waals surface area contributed by atoms with Crippen LogP contribution in [0.4, 0.5) is 5.69 Å². The molecule has 0 saturated carbocycles. The number of nitro groups is 1. The van der Waals surface area contributed by atoms with Crippen LogP contribution in [0.1, 0.15) is 25.1 Å². The van der Waals surface area contributed by atoms with Crippen LogP contribution in [0.25, 0.3) is 0 Å². The Morgan fingerprint density at radius 3 is 2.70 bits per heavy atom. The van der Waals surface area contributed by atoms with Crippen molar-refractivity contribution in [1.82, 2.24) is 4.98 Å². The number of benzene rings is 1. The number of nitrogens with zero attached hydrogens (tertiary/aromatic N) is 3. The zero-order valence-electron chi connectivity index (χ0n) is 12.9. The lowest BCUT2D eigenvalue weighted by molar-refractivity contribution is -0.385. The fourth-order valence-corrected chi connectivity index (χ4v) is 2.44. The summed E-state index contributed by atoms with van der Waals surface area (Å²) in [5.74, 6) is 0.625. The van der Waals surface area contributed by atoms with E-state index in [1.165, 1.54) is 19.2 Å². The normalized spacial score (nSPS) is 15.2. The third-order valence-corrected chi connectivity index (χ3v) is 3.38. The van der Waals surface area contributed by atoms with Crippen LogP contribution >= 0.6 is 0 Å². The third-order valence-electron chi connectivity index (χ3n) is 3.38. The molecular formula is C16H15N3O4. The van der Waals surface area contributed by atoms with Crippen molar-refractivity contribution in [3.05, 3.63) is 57.9 Å². The average Bonchev–Trinajstić information content (AvgIpc) is 2.52. The Hall–Kier alpha value is -2.96. The monoisotopic (exact) mass is 313 g/mol. The van der Waals surface area contributed by atoms with E-state index in [1.54, 1.807) is 18.3 Å². The lowest BCUT2D eigenvalue weighted by Crippen LogP contribution is -2.32. The van der Waals surface area contributed by atoms with Crippen LogP contribution in [-0.2, 0) is 0 Å². The molecule has 0 fully saturated rings. The third kappa shape index (κ3) is 2.73. The Bertz CT molecular complexity index is 800. The maximum Gasteiger partial charge on any atom is 0.311 e. The SMILES string of the molecule is COc1cc2c(cc1[N+](=O)[O-])C(c1ccccn1)=NC(C)(C)O2. The van der Waals surface area contributed by atoms with Crippen molar-refractivity contribution in [2.24, 2.45) is 4.99 Å². The van der Waals surface area contributed by atoms with Gasteiger partial charge in [-0.2, -0.15) is 0 Å². The lowest BCUT2D eigenvalue weighted by atomic mass is 10.0. The average molecular weight is 313 g/mol. The van der Waals surface area contributed by atoms with Crippen LogP contribution in [0, 0.1) is 10.1 Å². The topological polar surface area (TPSA) is 86.9 Å². The minimum Gasteiger partial charge on any atom is -0.490 e. The molecule has 0 N–H and O–H groups in total. The zero-order chi connectivity index (χ0) is 16.6. The summed E-state index contributed by atoms with van der Waals surface area (Å²) in [6, 6.07) is 8.38. The summed E-state index contributed by atoms with van der Waals surface area (Å²) in [5.41, 5.74) is 0.766. The van der Waals surface area contributed by atoms with Crippen molar-refractivity contribution in [1.29, 1.82) is 0 Å². The van der Waals surface area contributed by atoms with Gasteiger partial charge >= 0.3 is 5.69 Å². The molecule has 7 heteroatoms. The predicted molar refractivity (Wildman–Crippen MR) is 84.2 cm³/mol. The molecule has 2 heterocycles. The van der Waals surface area contributed by atoms with E-state index in [-0.39, 0.29) is 11.4 Å². The van der Waals surface area contributed by atoms with Crippen LogP contribution in [-0.4, -0.2) is 28.5 Å². The van der Waals surface area contributed by atoms with Crippen LogP contribution in [0.5, 0.6) is 11.5 Å². The summed E-state index contributed by atoms with van der Waals surface area (Å²) in [4.78, 5) is 19.6. The molecule has 1 aliphatic heterocycles. The maximum atomic E-state index is 11.3.